The molecule has 2 bridgehead atoms. The molecule has 0 saturated heterocycles. The van der Waals surface area contributed by atoms with Crippen molar-refractivity contribution in [1.29, 1.82) is 0 Å². The van der Waals surface area contributed by atoms with Crippen LogP contribution in [0.1, 0.15) is 32.1 Å². The number of fused-ring (bicyclic) bond motifs is 2. The Bertz CT molecular complexity index is 848. The quantitative estimate of drug-likeness (QED) is 0.707. The first kappa shape index (κ1) is 18.9. The number of nitrogens with zero attached hydrogens (tertiary/aromatic N) is 1. The average molecular weight is 401 g/mol. The molecule has 0 spiro atoms. The molecule has 1 heterocycles. The highest BCUT2D eigenvalue weighted by Crippen LogP contribution is 2.49. The van der Waals surface area contributed by atoms with Gasteiger partial charge in [0, 0.05) is 17.4 Å². The molecule has 1 aromatic heterocycles. The Labute approximate surface area is 168 Å². The number of hydrogen-bond acceptors (Lipinski definition) is 6. The lowest BCUT2D eigenvalue weighted by Gasteiger charge is -2.20. The zero-order valence-corrected chi connectivity index (χ0v) is 16.7. The number of rotatable bonds is 7. The van der Waals surface area contributed by atoms with Crippen LogP contribution >= 0.6 is 11.3 Å². The number of hydrogen-bond donors (Lipinski definition) is 1. The smallest absolute Gasteiger partial charge is 0.306 e. The number of nitrogens with one attached hydrogen (secondary N) is 1. The molecule has 6 nitrogen and oxygen atoms in total. The highest BCUT2D eigenvalue weighted by Gasteiger charge is 2.40. The van der Waals surface area contributed by atoms with E-state index in [4.69, 9.17) is 9.47 Å². The number of esters is 1. The van der Waals surface area contributed by atoms with Gasteiger partial charge in [-0.15, -0.1) is 11.3 Å². The molecule has 1 amide bonds. The molecular formula is C21H24N2O4S. The molecule has 2 aliphatic carbocycles. The molecule has 2 aliphatic rings. The fraction of sp³-hybridized carbons (Fsp3) is 0.476. The van der Waals surface area contributed by atoms with Gasteiger partial charge in [0.05, 0.1) is 12.8 Å². The molecule has 28 heavy (non-hydrogen) atoms. The van der Waals surface area contributed by atoms with Gasteiger partial charge in [0.1, 0.15) is 5.75 Å². The summed E-state index contributed by atoms with van der Waals surface area (Å²) in [7, 11) is 1.62. The van der Waals surface area contributed by atoms with Crippen LogP contribution < -0.4 is 10.1 Å². The van der Waals surface area contributed by atoms with E-state index < -0.39 is 0 Å². The lowest BCUT2D eigenvalue weighted by molar-refractivity contribution is -0.148. The standard InChI is InChI=1S/C21H24N2O4S/c1-26-17-6-4-14(5-7-17)18-12-28-21(22-18)23-19(24)11-27-20(25)10-16-9-13-2-3-15(16)8-13/h4-7,12-13,15-16H,2-3,8-11H2,1H3,(H,22,23,24)/t13-,15-,16+/m1/s1. The predicted molar refractivity (Wildman–Crippen MR) is 107 cm³/mol. The van der Waals surface area contributed by atoms with Gasteiger partial charge in [0.25, 0.3) is 5.91 Å². The minimum atomic E-state index is -0.364. The van der Waals surface area contributed by atoms with E-state index in [1.54, 1.807) is 7.11 Å². The molecule has 3 atom stereocenters. The summed E-state index contributed by atoms with van der Waals surface area (Å²) in [6, 6.07) is 7.55. The number of aromatic nitrogens is 1. The maximum atomic E-state index is 12.1. The Kier molecular flexibility index (Phi) is 5.62. The molecule has 1 N–H and O–H groups in total. The summed E-state index contributed by atoms with van der Waals surface area (Å²) in [5.74, 6) is 2.07. The first-order valence-corrected chi connectivity index (χ1v) is 10.5. The number of carbonyl (C=O) groups is 2. The molecule has 2 saturated carbocycles. The largest absolute Gasteiger partial charge is 0.497 e. The van der Waals surface area contributed by atoms with E-state index >= 15 is 0 Å². The van der Waals surface area contributed by atoms with E-state index in [9.17, 15) is 9.59 Å². The number of amides is 1. The number of benzene rings is 1. The van der Waals surface area contributed by atoms with Gasteiger partial charge in [-0.2, -0.15) is 0 Å². The fourth-order valence-electron chi connectivity index (χ4n) is 4.43. The second kappa shape index (κ2) is 8.31. The number of thiazole rings is 1. The molecular weight excluding hydrogens is 376 g/mol. The molecule has 4 rings (SSSR count). The van der Waals surface area contributed by atoms with Crippen LogP contribution in [0, 0.1) is 17.8 Å². The van der Waals surface area contributed by atoms with Crippen molar-refractivity contribution in [3.05, 3.63) is 29.6 Å². The van der Waals surface area contributed by atoms with Crippen LogP contribution in [-0.2, 0) is 14.3 Å². The van der Waals surface area contributed by atoms with Crippen LogP contribution in [-0.4, -0.2) is 30.6 Å². The minimum Gasteiger partial charge on any atom is -0.497 e. The average Bonchev–Trinajstić information content (AvgIpc) is 3.44. The fourth-order valence-corrected chi connectivity index (χ4v) is 5.16. The summed E-state index contributed by atoms with van der Waals surface area (Å²) in [5.41, 5.74) is 1.71. The van der Waals surface area contributed by atoms with E-state index in [0.29, 0.717) is 23.4 Å². The summed E-state index contributed by atoms with van der Waals surface area (Å²) < 4.78 is 10.3. The maximum Gasteiger partial charge on any atom is 0.306 e. The van der Waals surface area contributed by atoms with Crippen LogP contribution in [0.5, 0.6) is 5.75 Å². The van der Waals surface area contributed by atoms with Crippen LogP contribution in [0.25, 0.3) is 11.3 Å². The topological polar surface area (TPSA) is 77.5 Å². The second-order valence-corrected chi connectivity index (χ2v) is 8.47. The monoisotopic (exact) mass is 400 g/mol. The SMILES string of the molecule is COc1ccc(-c2csc(NC(=O)COC(=O)C[C@@H]3C[C@@H]4CC[C@@H]3C4)n2)cc1. The summed E-state index contributed by atoms with van der Waals surface area (Å²) in [6.45, 7) is -0.267. The number of anilines is 1. The Balaban J connectivity index is 1.23. The zero-order valence-electron chi connectivity index (χ0n) is 15.8. The normalized spacial score (nSPS) is 22.8. The lowest BCUT2D eigenvalue weighted by Crippen LogP contribution is -2.23. The molecule has 2 aromatic rings. The highest BCUT2D eigenvalue weighted by atomic mass is 32.1. The molecule has 0 radical (unpaired) electrons. The minimum absolute atomic E-state index is 0.267. The Hall–Kier alpha value is -2.41. The second-order valence-electron chi connectivity index (χ2n) is 7.61. The van der Waals surface area contributed by atoms with Gasteiger partial charge in [0.15, 0.2) is 11.7 Å². The summed E-state index contributed by atoms with van der Waals surface area (Å²) >= 11 is 1.34. The van der Waals surface area contributed by atoms with Gasteiger partial charge in [0.2, 0.25) is 0 Å². The van der Waals surface area contributed by atoms with Gasteiger partial charge < -0.3 is 9.47 Å². The Morgan fingerprint density at radius 2 is 2.04 bits per heavy atom. The van der Waals surface area contributed by atoms with Gasteiger partial charge in [-0.25, -0.2) is 4.98 Å². The number of methoxy groups -OCH3 is 1. The van der Waals surface area contributed by atoms with Crippen LogP contribution in [0.3, 0.4) is 0 Å². The van der Waals surface area contributed by atoms with Crippen molar-refractivity contribution in [1.82, 2.24) is 4.98 Å². The van der Waals surface area contributed by atoms with Crippen LogP contribution in [0.2, 0.25) is 0 Å². The number of carbonyl (C=O) groups excluding carboxylic acids is 2. The van der Waals surface area contributed by atoms with Crippen molar-refractivity contribution in [2.45, 2.75) is 32.1 Å². The third kappa shape index (κ3) is 4.35. The third-order valence-corrected chi connectivity index (χ3v) is 6.57. The molecule has 1 aromatic carbocycles. The first-order chi connectivity index (χ1) is 13.6. The molecule has 7 heteroatoms. The van der Waals surface area contributed by atoms with Gasteiger partial charge >= 0.3 is 5.97 Å². The van der Waals surface area contributed by atoms with E-state index in [-0.39, 0.29) is 18.5 Å². The Morgan fingerprint density at radius 1 is 1.21 bits per heavy atom. The zero-order chi connectivity index (χ0) is 19.5. The van der Waals surface area contributed by atoms with Crippen molar-refractivity contribution in [3.8, 4) is 17.0 Å². The third-order valence-electron chi connectivity index (χ3n) is 5.81. The van der Waals surface area contributed by atoms with Crippen LogP contribution in [0.4, 0.5) is 5.13 Å². The summed E-state index contributed by atoms with van der Waals surface area (Å²) in [4.78, 5) is 28.5. The van der Waals surface area contributed by atoms with Crippen molar-refractivity contribution < 1.29 is 19.1 Å². The van der Waals surface area contributed by atoms with E-state index in [2.05, 4.69) is 10.3 Å². The lowest BCUT2D eigenvalue weighted by atomic mass is 9.86. The van der Waals surface area contributed by atoms with Crippen molar-refractivity contribution in [2.24, 2.45) is 17.8 Å². The highest BCUT2D eigenvalue weighted by molar-refractivity contribution is 7.14. The van der Waals surface area contributed by atoms with Crippen molar-refractivity contribution >= 4 is 28.3 Å². The van der Waals surface area contributed by atoms with Crippen molar-refractivity contribution in [3.63, 3.8) is 0 Å². The molecule has 0 aliphatic heterocycles. The predicted octanol–water partition coefficient (Wildman–Crippen LogP) is 4.13. The van der Waals surface area contributed by atoms with Crippen molar-refractivity contribution in [2.75, 3.05) is 19.0 Å². The van der Waals surface area contributed by atoms with Crippen LogP contribution in [0.15, 0.2) is 29.6 Å². The maximum absolute atomic E-state index is 12.1. The van der Waals surface area contributed by atoms with Gasteiger partial charge in [-0.05, 0) is 61.3 Å². The van der Waals surface area contributed by atoms with E-state index in [0.717, 1.165) is 29.3 Å². The van der Waals surface area contributed by atoms with E-state index in [1.807, 2.05) is 29.6 Å². The Morgan fingerprint density at radius 3 is 2.71 bits per heavy atom. The van der Waals surface area contributed by atoms with Gasteiger partial charge in [-0.3, -0.25) is 14.9 Å². The first-order valence-electron chi connectivity index (χ1n) is 9.66. The summed E-state index contributed by atoms with van der Waals surface area (Å²) in [6.07, 6.45) is 5.39. The van der Waals surface area contributed by atoms with Gasteiger partial charge in [-0.1, -0.05) is 6.42 Å². The molecule has 0 unspecified atom stereocenters. The molecule has 148 valence electrons. The van der Waals surface area contributed by atoms with E-state index in [1.165, 1.54) is 30.6 Å². The molecule has 2 fully saturated rings. The summed E-state index contributed by atoms with van der Waals surface area (Å²) in [5, 5.41) is 5.06. The number of ether oxygens (including phenoxy) is 2.